The molecule has 140 valence electrons. The van der Waals surface area contributed by atoms with E-state index in [9.17, 15) is 8.42 Å². The summed E-state index contributed by atoms with van der Waals surface area (Å²) in [5.74, 6) is 1.92. The molecule has 2 aromatic rings. The maximum absolute atomic E-state index is 12.7. The fourth-order valence-corrected chi connectivity index (χ4v) is 4.93. The molecule has 0 spiro atoms. The van der Waals surface area contributed by atoms with E-state index in [1.54, 1.807) is 42.8 Å². The molecule has 0 saturated carbocycles. The zero-order chi connectivity index (χ0) is 18.6. The second kappa shape index (κ2) is 8.10. The van der Waals surface area contributed by atoms with Gasteiger partial charge in [-0.15, -0.1) is 0 Å². The lowest BCUT2D eigenvalue weighted by Crippen LogP contribution is -2.38. The number of ether oxygens (including phenoxy) is 2. The second-order valence-electron chi connectivity index (χ2n) is 6.55. The van der Waals surface area contributed by atoms with Crippen LogP contribution in [0.1, 0.15) is 18.4 Å². The molecule has 1 fully saturated rings. The zero-order valence-electron chi connectivity index (χ0n) is 15.2. The van der Waals surface area contributed by atoms with Gasteiger partial charge in [0.15, 0.2) is 11.5 Å². The molecular weight excluding hydrogens is 350 g/mol. The van der Waals surface area contributed by atoms with Crippen LogP contribution in [0.3, 0.4) is 0 Å². The predicted octanol–water partition coefficient (Wildman–Crippen LogP) is 3.35. The Morgan fingerprint density at radius 2 is 1.62 bits per heavy atom. The van der Waals surface area contributed by atoms with Crippen molar-refractivity contribution in [2.24, 2.45) is 5.92 Å². The Hall–Kier alpha value is -2.05. The maximum Gasteiger partial charge on any atom is 0.243 e. The van der Waals surface area contributed by atoms with Gasteiger partial charge in [0.25, 0.3) is 0 Å². The summed E-state index contributed by atoms with van der Waals surface area (Å²) in [7, 11) is -0.122. The minimum atomic E-state index is -3.38. The van der Waals surface area contributed by atoms with Gasteiger partial charge in [-0.05, 0) is 55.0 Å². The van der Waals surface area contributed by atoms with Gasteiger partial charge in [0, 0.05) is 13.1 Å². The first-order chi connectivity index (χ1) is 12.5. The molecule has 1 saturated heterocycles. The Morgan fingerprint density at radius 1 is 0.962 bits per heavy atom. The molecule has 1 heterocycles. The van der Waals surface area contributed by atoms with E-state index >= 15 is 0 Å². The molecule has 0 bridgehead atoms. The molecule has 0 amide bonds. The quantitative estimate of drug-likeness (QED) is 0.777. The first-order valence-corrected chi connectivity index (χ1v) is 10.2. The number of sulfonamides is 1. The fraction of sp³-hybridized carbons (Fsp3) is 0.400. The molecule has 0 unspecified atom stereocenters. The van der Waals surface area contributed by atoms with Crippen LogP contribution in [0.15, 0.2) is 53.4 Å². The summed E-state index contributed by atoms with van der Waals surface area (Å²) in [4.78, 5) is 0.373. The van der Waals surface area contributed by atoms with Crippen LogP contribution in [0.4, 0.5) is 0 Å². The van der Waals surface area contributed by atoms with Crippen molar-refractivity contribution in [2.75, 3.05) is 27.3 Å². The number of rotatable bonds is 6. The summed E-state index contributed by atoms with van der Waals surface area (Å²) in [5, 5.41) is 0. The molecule has 1 aliphatic rings. The van der Waals surface area contributed by atoms with E-state index in [0.29, 0.717) is 23.9 Å². The molecular formula is C20H25NO4S. The number of nitrogens with zero attached hydrogens (tertiary/aromatic N) is 1. The van der Waals surface area contributed by atoms with Gasteiger partial charge in [0.2, 0.25) is 10.0 Å². The van der Waals surface area contributed by atoms with E-state index < -0.39 is 10.0 Å². The van der Waals surface area contributed by atoms with Crippen molar-refractivity contribution in [2.45, 2.75) is 24.2 Å². The molecule has 3 rings (SSSR count). The Bertz CT molecular complexity index is 828. The van der Waals surface area contributed by atoms with Crippen molar-refractivity contribution in [3.05, 3.63) is 54.1 Å². The lowest BCUT2D eigenvalue weighted by Gasteiger charge is -2.31. The fourth-order valence-electron chi connectivity index (χ4n) is 3.44. The SMILES string of the molecule is COc1ccc(CC2CCN(S(=O)(=O)c3ccccc3)CC2)cc1OC. The van der Waals surface area contributed by atoms with Gasteiger partial charge < -0.3 is 9.47 Å². The number of methoxy groups -OCH3 is 2. The molecule has 0 aliphatic carbocycles. The third kappa shape index (κ3) is 4.02. The van der Waals surface area contributed by atoms with Crippen LogP contribution in [0.25, 0.3) is 0 Å². The molecule has 2 aromatic carbocycles. The topological polar surface area (TPSA) is 55.8 Å². The summed E-state index contributed by atoms with van der Waals surface area (Å²) in [6.07, 6.45) is 2.64. The van der Waals surface area contributed by atoms with Gasteiger partial charge in [0.05, 0.1) is 19.1 Å². The predicted molar refractivity (Wildman–Crippen MR) is 101 cm³/mol. The van der Waals surface area contributed by atoms with Crippen LogP contribution in [0, 0.1) is 5.92 Å². The highest BCUT2D eigenvalue weighted by molar-refractivity contribution is 7.89. The highest BCUT2D eigenvalue weighted by Gasteiger charge is 2.29. The minimum Gasteiger partial charge on any atom is -0.493 e. The van der Waals surface area contributed by atoms with E-state index in [-0.39, 0.29) is 0 Å². The number of piperidine rings is 1. The second-order valence-corrected chi connectivity index (χ2v) is 8.49. The van der Waals surface area contributed by atoms with Crippen LogP contribution < -0.4 is 9.47 Å². The minimum absolute atomic E-state index is 0.373. The van der Waals surface area contributed by atoms with E-state index in [2.05, 4.69) is 6.07 Å². The molecule has 0 aromatic heterocycles. The van der Waals surface area contributed by atoms with Crippen LogP contribution >= 0.6 is 0 Å². The monoisotopic (exact) mass is 375 g/mol. The van der Waals surface area contributed by atoms with Crippen LogP contribution in [0.5, 0.6) is 11.5 Å². The molecule has 0 radical (unpaired) electrons. The largest absolute Gasteiger partial charge is 0.493 e. The molecule has 5 nitrogen and oxygen atoms in total. The van der Waals surface area contributed by atoms with Gasteiger partial charge in [-0.1, -0.05) is 24.3 Å². The molecule has 0 atom stereocenters. The standard InChI is InChI=1S/C20H25NO4S/c1-24-19-9-8-17(15-20(19)25-2)14-16-10-12-21(13-11-16)26(22,23)18-6-4-3-5-7-18/h3-9,15-16H,10-14H2,1-2H3. The molecule has 1 aliphatic heterocycles. The van der Waals surface area contributed by atoms with Gasteiger partial charge in [0.1, 0.15) is 0 Å². The van der Waals surface area contributed by atoms with E-state index in [0.717, 1.165) is 30.8 Å². The first-order valence-electron chi connectivity index (χ1n) is 8.80. The lowest BCUT2D eigenvalue weighted by molar-refractivity contribution is 0.272. The molecule has 6 heteroatoms. The van der Waals surface area contributed by atoms with Crippen LogP contribution in [-0.2, 0) is 16.4 Å². The van der Waals surface area contributed by atoms with Gasteiger partial charge in [-0.3, -0.25) is 0 Å². The van der Waals surface area contributed by atoms with E-state index in [1.165, 1.54) is 5.56 Å². The Labute approximate surface area is 155 Å². The summed E-state index contributed by atoms with van der Waals surface area (Å²) in [5.41, 5.74) is 1.19. The number of hydrogen-bond acceptors (Lipinski definition) is 4. The van der Waals surface area contributed by atoms with Crippen molar-refractivity contribution in [3.63, 3.8) is 0 Å². The summed E-state index contributed by atoms with van der Waals surface area (Å²) in [6, 6.07) is 14.6. The first kappa shape index (κ1) is 18.7. The third-order valence-corrected chi connectivity index (χ3v) is 6.84. The van der Waals surface area contributed by atoms with Gasteiger partial charge >= 0.3 is 0 Å². The van der Waals surface area contributed by atoms with E-state index in [4.69, 9.17) is 9.47 Å². The van der Waals surface area contributed by atoms with Gasteiger partial charge in [-0.2, -0.15) is 4.31 Å². The summed E-state index contributed by atoms with van der Waals surface area (Å²) in [6.45, 7) is 1.13. The Balaban J connectivity index is 1.62. The number of hydrogen-bond donors (Lipinski definition) is 0. The third-order valence-electron chi connectivity index (χ3n) is 4.93. The lowest BCUT2D eigenvalue weighted by atomic mass is 9.91. The molecule has 0 N–H and O–H groups in total. The van der Waals surface area contributed by atoms with E-state index in [1.807, 2.05) is 18.2 Å². The van der Waals surface area contributed by atoms with Crippen molar-refractivity contribution < 1.29 is 17.9 Å². The zero-order valence-corrected chi connectivity index (χ0v) is 16.0. The Morgan fingerprint density at radius 3 is 2.23 bits per heavy atom. The van der Waals surface area contributed by atoms with Crippen LogP contribution in [0.2, 0.25) is 0 Å². The van der Waals surface area contributed by atoms with Crippen molar-refractivity contribution in [1.29, 1.82) is 0 Å². The van der Waals surface area contributed by atoms with Crippen LogP contribution in [-0.4, -0.2) is 40.0 Å². The summed E-state index contributed by atoms with van der Waals surface area (Å²) >= 11 is 0. The van der Waals surface area contributed by atoms with Gasteiger partial charge in [-0.25, -0.2) is 8.42 Å². The maximum atomic E-state index is 12.7. The van der Waals surface area contributed by atoms with Crippen molar-refractivity contribution in [3.8, 4) is 11.5 Å². The Kier molecular flexibility index (Phi) is 5.84. The average Bonchev–Trinajstić information content (AvgIpc) is 2.69. The van der Waals surface area contributed by atoms with Crippen molar-refractivity contribution in [1.82, 2.24) is 4.31 Å². The highest BCUT2D eigenvalue weighted by atomic mass is 32.2. The summed E-state index contributed by atoms with van der Waals surface area (Å²) < 4.78 is 37.6. The smallest absolute Gasteiger partial charge is 0.243 e. The van der Waals surface area contributed by atoms with Crippen molar-refractivity contribution >= 4 is 10.0 Å². The average molecular weight is 375 g/mol. The number of benzene rings is 2. The highest BCUT2D eigenvalue weighted by Crippen LogP contribution is 2.31. The normalized spacial score (nSPS) is 16.4. The molecule has 26 heavy (non-hydrogen) atoms.